The molecule has 0 saturated heterocycles. The first-order valence-electron chi connectivity index (χ1n) is 9.84. The fourth-order valence-corrected chi connectivity index (χ4v) is 4.09. The van der Waals surface area contributed by atoms with Crippen LogP contribution in [0, 0.1) is 34.6 Å². The SMILES string of the molecule is Cc1ccc(C(=O)[C@@H]2CC(=O)Nc3c2c(C)nn3-c2ccc(C)c(C)c2)c(C)c1. The van der Waals surface area contributed by atoms with Crippen LogP contribution in [0.3, 0.4) is 0 Å². The number of aryl methyl sites for hydroxylation is 5. The van der Waals surface area contributed by atoms with E-state index < -0.39 is 5.92 Å². The Morgan fingerprint density at radius 3 is 2.45 bits per heavy atom. The summed E-state index contributed by atoms with van der Waals surface area (Å²) in [6.07, 6.45) is 0.138. The fraction of sp³-hybridized carbons (Fsp3) is 0.292. The number of hydrogen-bond donors (Lipinski definition) is 1. The van der Waals surface area contributed by atoms with Crippen molar-refractivity contribution >= 4 is 17.5 Å². The third-order valence-corrected chi connectivity index (χ3v) is 5.80. The van der Waals surface area contributed by atoms with Crippen LogP contribution in [0.25, 0.3) is 5.69 Å². The Balaban J connectivity index is 1.83. The summed E-state index contributed by atoms with van der Waals surface area (Å²) in [6, 6.07) is 11.9. The van der Waals surface area contributed by atoms with Gasteiger partial charge in [-0.25, -0.2) is 4.68 Å². The molecule has 0 radical (unpaired) electrons. The zero-order valence-electron chi connectivity index (χ0n) is 17.5. The van der Waals surface area contributed by atoms with Gasteiger partial charge in [0.1, 0.15) is 5.82 Å². The number of Topliss-reactive ketones (excluding diaryl/α,β-unsaturated/α-hetero) is 1. The van der Waals surface area contributed by atoms with Crippen molar-refractivity contribution in [3.05, 3.63) is 75.5 Å². The van der Waals surface area contributed by atoms with Crippen LogP contribution in [0.15, 0.2) is 36.4 Å². The molecule has 2 heterocycles. The van der Waals surface area contributed by atoms with Gasteiger partial charge in [0.2, 0.25) is 5.91 Å². The van der Waals surface area contributed by atoms with Gasteiger partial charge in [0.15, 0.2) is 5.78 Å². The third kappa shape index (κ3) is 3.27. The number of rotatable bonds is 3. The van der Waals surface area contributed by atoms with E-state index in [1.807, 2.05) is 64.1 Å². The Kier molecular flexibility index (Phi) is 4.61. The predicted molar refractivity (Wildman–Crippen MR) is 114 cm³/mol. The van der Waals surface area contributed by atoms with E-state index in [-0.39, 0.29) is 18.1 Å². The molecule has 1 aliphatic heterocycles. The molecule has 0 bridgehead atoms. The van der Waals surface area contributed by atoms with Gasteiger partial charge in [-0.2, -0.15) is 5.10 Å². The number of nitrogens with one attached hydrogen (secondary N) is 1. The summed E-state index contributed by atoms with van der Waals surface area (Å²) in [5, 5.41) is 7.63. The summed E-state index contributed by atoms with van der Waals surface area (Å²) in [6.45, 7) is 9.95. The summed E-state index contributed by atoms with van der Waals surface area (Å²) in [4.78, 5) is 25.9. The Bertz CT molecular complexity index is 1160. The topological polar surface area (TPSA) is 64.0 Å². The molecule has 2 aromatic carbocycles. The van der Waals surface area contributed by atoms with E-state index in [2.05, 4.69) is 17.3 Å². The highest BCUT2D eigenvalue weighted by atomic mass is 16.2. The van der Waals surface area contributed by atoms with Crippen LogP contribution >= 0.6 is 0 Å². The van der Waals surface area contributed by atoms with Crippen molar-refractivity contribution in [2.75, 3.05) is 5.32 Å². The molecular formula is C24H25N3O2. The summed E-state index contributed by atoms with van der Waals surface area (Å²) >= 11 is 0. The van der Waals surface area contributed by atoms with E-state index in [9.17, 15) is 9.59 Å². The number of nitrogens with zero attached hydrogens (tertiary/aromatic N) is 2. The maximum atomic E-state index is 13.4. The van der Waals surface area contributed by atoms with Crippen molar-refractivity contribution in [3.8, 4) is 5.69 Å². The first-order valence-corrected chi connectivity index (χ1v) is 9.84. The van der Waals surface area contributed by atoms with Gasteiger partial charge in [-0.15, -0.1) is 0 Å². The van der Waals surface area contributed by atoms with E-state index in [1.165, 1.54) is 5.56 Å². The molecule has 0 unspecified atom stereocenters. The fourth-order valence-electron chi connectivity index (χ4n) is 4.09. The van der Waals surface area contributed by atoms with Crippen LogP contribution < -0.4 is 5.32 Å². The monoisotopic (exact) mass is 387 g/mol. The normalized spacial score (nSPS) is 15.8. The lowest BCUT2D eigenvalue weighted by Crippen LogP contribution is -2.28. The average molecular weight is 387 g/mol. The number of aromatic nitrogens is 2. The minimum Gasteiger partial charge on any atom is -0.310 e. The lowest BCUT2D eigenvalue weighted by Gasteiger charge is -2.24. The van der Waals surface area contributed by atoms with Crippen molar-refractivity contribution in [1.29, 1.82) is 0 Å². The van der Waals surface area contributed by atoms with Gasteiger partial charge in [-0.1, -0.05) is 29.8 Å². The molecule has 0 spiro atoms. The summed E-state index contributed by atoms with van der Waals surface area (Å²) in [7, 11) is 0. The Labute approximate surface area is 170 Å². The molecule has 148 valence electrons. The lowest BCUT2D eigenvalue weighted by molar-refractivity contribution is -0.116. The van der Waals surface area contributed by atoms with Crippen molar-refractivity contribution in [2.45, 2.75) is 47.0 Å². The molecule has 1 aromatic heterocycles. The van der Waals surface area contributed by atoms with E-state index in [0.29, 0.717) is 11.4 Å². The molecule has 1 N–H and O–H groups in total. The van der Waals surface area contributed by atoms with E-state index >= 15 is 0 Å². The van der Waals surface area contributed by atoms with Crippen molar-refractivity contribution in [2.24, 2.45) is 0 Å². The smallest absolute Gasteiger partial charge is 0.226 e. The number of amides is 1. The molecule has 1 atom stereocenters. The lowest BCUT2D eigenvalue weighted by atomic mass is 9.84. The third-order valence-electron chi connectivity index (χ3n) is 5.80. The molecule has 3 aromatic rings. The number of fused-ring (bicyclic) bond motifs is 1. The second-order valence-corrected chi connectivity index (χ2v) is 8.02. The summed E-state index contributed by atoms with van der Waals surface area (Å²) < 4.78 is 1.75. The first-order chi connectivity index (χ1) is 13.8. The van der Waals surface area contributed by atoms with E-state index in [0.717, 1.165) is 33.6 Å². The Hall–Kier alpha value is -3.21. The zero-order valence-corrected chi connectivity index (χ0v) is 17.5. The molecule has 0 fully saturated rings. The van der Waals surface area contributed by atoms with Gasteiger partial charge in [-0.3, -0.25) is 9.59 Å². The van der Waals surface area contributed by atoms with Crippen molar-refractivity contribution in [1.82, 2.24) is 9.78 Å². The minimum atomic E-state index is -0.527. The number of carbonyl (C=O) groups excluding carboxylic acids is 2. The quantitative estimate of drug-likeness (QED) is 0.661. The van der Waals surface area contributed by atoms with Gasteiger partial charge < -0.3 is 5.32 Å². The molecule has 1 aliphatic rings. The number of ketones is 1. The second kappa shape index (κ2) is 6.99. The van der Waals surface area contributed by atoms with E-state index in [1.54, 1.807) is 4.68 Å². The van der Waals surface area contributed by atoms with Crippen molar-refractivity contribution < 1.29 is 9.59 Å². The van der Waals surface area contributed by atoms with Crippen LogP contribution in [-0.2, 0) is 4.79 Å². The molecule has 5 nitrogen and oxygen atoms in total. The molecule has 0 aliphatic carbocycles. The molecule has 4 rings (SSSR count). The van der Waals surface area contributed by atoms with Crippen LogP contribution in [0.2, 0.25) is 0 Å². The molecule has 5 heteroatoms. The number of anilines is 1. The van der Waals surface area contributed by atoms with Gasteiger partial charge in [0.25, 0.3) is 0 Å². The molecule has 1 amide bonds. The number of benzene rings is 2. The zero-order chi connectivity index (χ0) is 20.9. The van der Waals surface area contributed by atoms with Gasteiger partial charge in [0.05, 0.1) is 17.3 Å². The van der Waals surface area contributed by atoms with Crippen LogP contribution in [0.4, 0.5) is 5.82 Å². The Morgan fingerprint density at radius 2 is 1.76 bits per heavy atom. The first kappa shape index (κ1) is 19.1. The van der Waals surface area contributed by atoms with Gasteiger partial charge in [0, 0.05) is 17.5 Å². The standard InChI is InChI=1S/C24H25N3O2/c1-13-6-9-19(16(4)10-13)23(29)20-12-21(28)25-24-22(20)17(5)26-27(24)18-8-7-14(2)15(3)11-18/h6-11,20H,12H2,1-5H3,(H,25,28)/t20-/m1/s1. The van der Waals surface area contributed by atoms with Crippen LogP contribution in [-0.4, -0.2) is 21.5 Å². The predicted octanol–water partition coefficient (Wildman–Crippen LogP) is 4.72. The minimum absolute atomic E-state index is 0.0265. The van der Waals surface area contributed by atoms with E-state index in [4.69, 9.17) is 0 Å². The summed E-state index contributed by atoms with van der Waals surface area (Å²) in [5.41, 5.74) is 7.50. The van der Waals surface area contributed by atoms with Crippen LogP contribution in [0.5, 0.6) is 0 Å². The number of hydrogen-bond acceptors (Lipinski definition) is 3. The largest absolute Gasteiger partial charge is 0.310 e. The van der Waals surface area contributed by atoms with Gasteiger partial charge in [-0.05, 0) is 63.4 Å². The summed E-state index contributed by atoms with van der Waals surface area (Å²) in [5.74, 6) is -0.113. The highest BCUT2D eigenvalue weighted by Crippen LogP contribution is 2.38. The van der Waals surface area contributed by atoms with Crippen LogP contribution in [0.1, 0.15) is 56.2 Å². The highest BCUT2D eigenvalue weighted by Gasteiger charge is 2.36. The van der Waals surface area contributed by atoms with Crippen molar-refractivity contribution in [3.63, 3.8) is 0 Å². The second-order valence-electron chi connectivity index (χ2n) is 8.02. The van der Waals surface area contributed by atoms with Gasteiger partial charge >= 0.3 is 0 Å². The average Bonchev–Trinajstić information content (AvgIpc) is 2.99. The molecule has 0 saturated carbocycles. The maximum absolute atomic E-state index is 13.4. The number of carbonyl (C=O) groups is 2. The molecular weight excluding hydrogens is 362 g/mol. The Morgan fingerprint density at radius 1 is 1.00 bits per heavy atom. The highest BCUT2D eigenvalue weighted by molar-refractivity contribution is 6.08. The maximum Gasteiger partial charge on any atom is 0.226 e. The molecule has 29 heavy (non-hydrogen) atoms.